The van der Waals surface area contributed by atoms with Gasteiger partial charge < -0.3 is 4.74 Å². The number of hydrogen-bond acceptors (Lipinski definition) is 1. The number of benzene rings is 1. The molecule has 0 aromatic heterocycles. The fourth-order valence-corrected chi connectivity index (χ4v) is 6.42. The SMILES string of the molecule is Cc1c(C)c(C(C)(C)C)c(C)c2c1OC(C)(CCCC(C)CCCC(C)CCCC(C)C)CC2. The summed E-state index contributed by atoms with van der Waals surface area (Å²) in [5.41, 5.74) is 7.44. The van der Waals surface area contributed by atoms with E-state index in [0.717, 1.165) is 30.6 Å². The van der Waals surface area contributed by atoms with E-state index in [1.54, 1.807) is 0 Å². The molecule has 2 rings (SSSR count). The van der Waals surface area contributed by atoms with E-state index in [2.05, 4.69) is 76.2 Å². The van der Waals surface area contributed by atoms with Crippen molar-refractivity contribution in [1.29, 1.82) is 0 Å². The molecule has 0 aliphatic carbocycles. The molecule has 0 amide bonds. The zero-order valence-corrected chi connectivity index (χ0v) is 24.9. The summed E-state index contributed by atoms with van der Waals surface area (Å²) in [6.07, 6.45) is 14.5. The van der Waals surface area contributed by atoms with Gasteiger partial charge in [0, 0.05) is 0 Å². The Morgan fingerprint density at radius 1 is 0.765 bits per heavy atom. The van der Waals surface area contributed by atoms with Crippen LogP contribution < -0.4 is 4.74 Å². The van der Waals surface area contributed by atoms with Crippen molar-refractivity contribution in [2.45, 2.75) is 158 Å². The molecule has 3 unspecified atom stereocenters. The van der Waals surface area contributed by atoms with Gasteiger partial charge in [0.1, 0.15) is 11.4 Å². The molecule has 34 heavy (non-hydrogen) atoms. The van der Waals surface area contributed by atoms with Crippen molar-refractivity contribution >= 4 is 0 Å². The van der Waals surface area contributed by atoms with E-state index >= 15 is 0 Å². The van der Waals surface area contributed by atoms with Crippen LogP contribution in [0.1, 0.15) is 147 Å². The van der Waals surface area contributed by atoms with Gasteiger partial charge in [0.25, 0.3) is 0 Å². The molecule has 196 valence electrons. The predicted molar refractivity (Wildman–Crippen MR) is 151 cm³/mol. The van der Waals surface area contributed by atoms with Crippen molar-refractivity contribution in [3.05, 3.63) is 27.8 Å². The van der Waals surface area contributed by atoms with E-state index < -0.39 is 0 Å². The Morgan fingerprint density at radius 2 is 1.29 bits per heavy atom. The first kappa shape index (κ1) is 29.3. The standard InChI is InChI=1S/C33H58O/c1-23(2)15-12-16-24(3)17-13-18-25(4)19-14-21-33(11)22-20-29-28(7)30(32(8,9)10)26(5)27(6)31(29)34-33/h23-25H,12-22H2,1-11H3. The first-order chi connectivity index (χ1) is 15.7. The van der Waals surface area contributed by atoms with Gasteiger partial charge in [-0.2, -0.15) is 0 Å². The van der Waals surface area contributed by atoms with Crippen molar-refractivity contribution in [3.63, 3.8) is 0 Å². The fourth-order valence-electron chi connectivity index (χ4n) is 6.42. The van der Waals surface area contributed by atoms with Crippen LogP contribution in [0.3, 0.4) is 0 Å². The van der Waals surface area contributed by atoms with Gasteiger partial charge in [0.15, 0.2) is 0 Å². The Hall–Kier alpha value is -0.980. The molecule has 1 nitrogen and oxygen atoms in total. The Bertz CT molecular complexity index is 781. The first-order valence-corrected chi connectivity index (χ1v) is 14.6. The molecule has 0 spiro atoms. The molecule has 1 aromatic carbocycles. The van der Waals surface area contributed by atoms with E-state index in [1.165, 1.54) is 91.4 Å². The van der Waals surface area contributed by atoms with Crippen LogP contribution in [-0.4, -0.2) is 5.60 Å². The Labute approximate surface area is 213 Å². The van der Waals surface area contributed by atoms with E-state index in [9.17, 15) is 0 Å². The van der Waals surface area contributed by atoms with Crippen LogP contribution in [0.5, 0.6) is 5.75 Å². The number of fused-ring (bicyclic) bond motifs is 1. The summed E-state index contributed by atoms with van der Waals surface area (Å²) in [6, 6.07) is 0. The predicted octanol–water partition coefficient (Wildman–Crippen LogP) is 10.4. The molecule has 1 aliphatic heterocycles. The topological polar surface area (TPSA) is 9.23 Å². The molecular weight excluding hydrogens is 412 g/mol. The Kier molecular flexibility index (Phi) is 10.6. The molecular formula is C33H58O. The Morgan fingerprint density at radius 3 is 1.82 bits per heavy atom. The van der Waals surface area contributed by atoms with E-state index in [1.807, 2.05) is 0 Å². The molecule has 0 radical (unpaired) electrons. The van der Waals surface area contributed by atoms with Crippen LogP contribution in [0.2, 0.25) is 0 Å². The average molecular weight is 471 g/mol. The minimum atomic E-state index is -0.00939. The van der Waals surface area contributed by atoms with Crippen LogP contribution in [0.15, 0.2) is 0 Å². The lowest BCUT2D eigenvalue weighted by molar-refractivity contribution is 0.0512. The normalized spacial score (nSPS) is 20.2. The summed E-state index contributed by atoms with van der Waals surface area (Å²) < 4.78 is 6.83. The molecule has 0 saturated heterocycles. The fraction of sp³-hybridized carbons (Fsp3) is 0.818. The summed E-state index contributed by atoms with van der Waals surface area (Å²) in [5.74, 6) is 3.79. The van der Waals surface area contributed by atoms with E-state index in [4.69, 9.17) is 4.74 Å². The summed E-state index contributed by atoms with van der Waals surface area (Å²) in [7, 11) is 0. The highest BCUT2D eigenvalue weighted by Gasteiger charge is 2.35. The van der Waals surface area contributed by atoms with Gasteiger partial charge in [-0.1, -0.05) is 93.4 Å². The van der Waals surface area contributed by atoms with Gasteiger partial charge >= 0.3 is 0 Å². The van der Waals surface area contributed by atoms with Crippen molar-refractivity contribution in [2.75, 3.05) is 0 Å². The van der Waals surface area contributed by atoms with Crippen LogP contribution in [-0.2, 0) is 11.8 Å². The summed E-state index contributed by atoms with van der Waals surface area (Å²) in [6.45, 7) is 25.9. The largest absolute Gasteiger partial charge is 0.487 e. The van der Waals surface area contributed by atoms with Crippen LogP contribution in [0, 0.1) is 38.5 Å². The molecule has 0 N–H and O–H groups in total. The van der Waals surface area contributed by atoms with Gasteiger partial charge in [-0.05, 0) is 104 Å². The molecule has 1 aliphatic rings. The summed E-state index contributed by atoms with van der Waals surface area (Å²) in [5, 5.41) is 0. The third-order valence-corrected chi connectivity index (χ3v) is 8.66. The zero-order valence-electron chi connectivity index (χ0n) is 24.9. The minimum absolute atomic E-state index is 0.00939. The van der Waals surface area contributed by atoms with Crippen molar-refractivity contribution in [1.82, 2.24) is 0 Å². The van der Waals surface area contributed by atoms with Crippen LogP contribution in [0.4, 0.5) is 0 Å². The van der Waals surface area contributed by atoms with Crippen molar-refractivity contribution in [2.24, 2.45) is 17.8 Å². The zero-order chi connectivity index (χ0) is 25.7. The molecule has 0 bridgehead atoms. The lowest BCUT2D eigenvalue weighted by Crippen LogP contribution is -2.37. The molecule has 1 heteroatoms. The number of ether oxygens (including phenoxy) is 1. The lowest BCUT2D eigenvalue weighted by Gasteiger charge is -2.40. The summed E-state index contributed by atoms with van der Waals surface area (Å²) >= 11 is 0. The molecule has 3 atom stereocenters. The number of rotatable bonds is 12. The van der Waals surface area contributed by atoms with Crippen LogP contribution >= 0.6 is 0 Å². The van der Waals surface area contributed by atoms with Crippen LogP contribution in [0.25, 0.3) is 0 Å². The monoisotopic (exact) mass is 470 g/mol. The maximum absolute atomic E-state index is 6.83. The quantitative estimate of drug-likeness (QED) is 0.295. The molecule has 0 saturated carbocycles. The average Bonchev–Trinajstić information content (AvgIpc) is 2.70. The second-order valence-corrected chi connectivity index (χ2v) is 13.7. The highest BCUT2D eigenvalue weighted by Crippen LogP contribution is 2.45. The second-order valence-electron chi connectivity index (χ2n) is 13.7. The van der Waals surface area contributed by atoms with Crippen molar-refractivity contribution < 1.29 is 4.74 Å². The summed E-state index contributed by atoms with van der Waals surface area (Å²) in [4.78, 5) is 0. The van der Waals surface area contributed by atoms with Gasteiger partial charge in [-0.25, -0.2) is 0 Å². The first-order valence-electron chi connectivity index (χ1n) is 14.6. The number of hydrogen-bond donors (Lipinski definition) is 0. The van der Waals surface area contributed by atoms with Gasteiger partial charge in [0.2, 0.25) is 0 Å². The molecule has 1 aromatic rings. The Balaban J connectivity index is 1.84. The third kappa shape index (κ3) is 8.03. The highest BCUT2D eigenvalue weighted by molar-refractivity contribution is 5.57. The maximum Gasteiger partial charge on any atom is 0.126 e. The lowest BCUT2D eigenvalue weighted by atomic mass is 9.75. The van der Waals surface area contributed by atoms with E-state index in [-0.39, 0.29) is 11.0 Å². The van der Waals surface area contributed by atoms with Crippen molar-refractivity contribution in [3.8, 4) is 5.75 Å². The van der Waals surface area contributed by atoms with Gasteiger partial charge in [-0.3, -0.25) is 0 Å². The maximum atomic E-state index is 6.83. The van der Waals surface area contributed by atoms with Gasteiger partial charge in [0.05, 0.1) is 0 Å². The van der Waals surface area contributed by atoms with E-state index in [0.29, 0.717) is 0 Å². The third-order valence-electron chi connectivity index (χ3n) is 8.66. The minimum Gasteiger partial charge on any atom is -0.487 e. The van der Waals surface area contributed by atoms with Gasteiger partial charge in [-0.15, -0.1) is 0 Å². The molecule has 0 fully saturated rings. The second kappa shape index (κ2) is 12.3. The highest BCUT2D eigenvalue weighted by atomic mass is 16.5. The molecule has 1 heterocycles. The smallest absolute Gasteiger partial charge is 0.126 e.